The van der Waals surface area contributed by atoms with Gasteiger partial charge in [-0.05, 0) is 91.8 Å². The van der Waals surface area contributed by atoms with E-state index in [0.717, 1.165) is 5.56 Å². The van der Waals surface area contributed by atoms with Crippen molar-refractivity contribution >= 4 is 29.6 Å². The Kier molecular flexibility index (Phi) is 17.7. The van der Waals surface area contributed by atoms with Crippen LogP contribution in [-0.2, 0) is 44.8 Å². The molecule has 2 saturated heterocycles. The summed E-state index contributed by atoms with van der Waals surface area (Å²) in [6, 6.07) is 5.05. The third kappa shape index (κ3) is 12.6. The fourth-order valence-electron chi connectivity index (χ4n) is 8.40. The highest BCUT2D eigenvalue weighted by Crippen LogP contribution is 2.38. The second-order valence-corrected chi connectivity index (χ2v) is 17.2. The molecule has 334 valence electrons. The summed E-state index contributed by atoms with van der Waals surface area (Å²) < 4.78 is 31.1. The van der Waals surface area contributed by atoms with Crippen LogP contribution in [0, 0.1) is 23.7 Å². The Hall–Kier alpha value is -3.93. The van der Waals surface area contributed by atoms with Gasteiger partial charge in [0.2, 0.25) is 5.91 Å². The molecule has 1 unspecified atom stereocenters. The van der Waals surface area contributed by atoms with Crippen LogP contribution in [0.1, 0.15) is 106 Å². The van der Waals surface area contributed by atoms with Gasteiger partial charge < -0.3 is 43.4 Å². The number of hydrogen-bond acceptors (Lipinski definition) is 15. The van der Waals surface area contributed by atoms with Crippen molar-refractivity contribution in [1.29, 1.82) is 0 Å². The van der Waals surface area contributed by atoms with E-state index in [9.17, 15) is 24.6 Å². The maximum Gasteiger partial charge on any atom is 0.316 e. The predicted octanol–water partition coefficient (Wildman–Crippen LogP) is 5.57. The smallest absolute Gasteiger partial charge is 0.316 e. The van der Waals surface area contributed by atoms with E-state index in [1.54, 1.807) is 45.3 Å². The number of cyclic esters (lactones) is 1. The molecular weight excluding hydrogens is 775 g/mol. The number of ketones is 1. The number of carbonyl (C=O) groups excluding carboxylic acids is 3. The van der Waals surface area contributed by atoms with E-state index < -0.39 is 59.4 Å². The number of oxime groups is 1. The predicted molar refractivity (Wildman–Crippen MR) is 224 cm³/mol. The zero-order chi connectivity index (χ0) is 44.4. The van der Waals surface area contributed by atoms with E-state index in [0.29, 0.717) is 49.3 Å². The Bertz CT molecular complexity index is 1750. The average Bonchev–Trinajstić information content (AvgIpc) is 3.75. The van der Waals surface area contributed by atoms with Crippen molar-refractivity contribution in [2.75, 3.05) is 20.7 Å². The van der Waals surface area contributed by atoms with Gasteiger partial charge in [-0.2, -0.15) is 0 Å². The molecule has 0 bridgehead atoms. The minimum Gasteiger partial charge on any atom is -0.459 e. The third-order valence-electron chi connectivity index (χ3n) is 12.0. The van der Waals surface area contributed by atoms with Crippen molar-refractivity contribution in [3.05, 3.63) is 36.2 Å². The molecule has 0 aromatic carbocycles. The van der Waals surface area contributed by atoms with Gasteiger partial charge in [-0.1, -0.05) is 50.5 Å². The van der Waals surface area contributed by atoms with Crippen molar-refractivity contribution in [3.63, 3.8) is 0 Å². The van der Waals surface area contributed by atoms with Crippen LogP contribution < -0.4 is 0 Å². The van der Waals surface area contributed by atoms with E-state index in [2.05, 4.69) is 20.3 Å². The number of esters is 1. The lowest BCUT2D eigenvalue weighted by Gasteiger charge is -2.47. The van der Waals surface area contributed by atoms with Crippen molar-refractivity contribution in [1.82, 2.24) is 15.0 Å². The van der Waals surface area contributed by atoms with Crippen LogP contribution in [0.5, 0.6) is 0 Å². The van der Waals surface area contributed by atoms with E-state index in [4.69, 9.17) is 28.3 Å². The van der Waals surface area contributed by atoms with E-state index in [1.807, 2.05) is 52.8 Å². The Morgan fingerprint density at radius 3 is 2.47 bits per heavy atom. The van der Waals surface area contributed by atoms with Gasteiger partial charge >= 0.3 is 5.97 Å². The Morgan fingerprint density at radius 1 is 1.13 bits per heavy atom. The van der Waals surface area contributed by atoms with Gasteiger partial charge in [0.05, 0.1) is 36.3 Å². The molecule has 60 heavy (non-hydrogen) atoms. The molecule has 0 aliphatic carbocycles. The molecule has 12 atom stereocenters. The van der Waals surface area contributed by atoms with Crippen molar-refractivity contribution in [3.8, 4) is 11.5 Å². The highest BCUT2D eigenvalue weighted by molar-refractivity contribution is 6.00. The molecular formula is C44H67N5O11. The number of nitrogens with zero attached hydrogens (tertiary/aromatic N) is 5. The molecule has 4 heterocycles. The Labute approximate surface area is 354 Å². The van der Waals surface area contributed by atoms with E-state index >= 15 is 0 Å². The Balaban J connectivity index is 1.80. The molecule has 2 aliphatic heterocycles. The van der Waals surface area contributed by atoms with Crippen LogP contribution >= 0.6 is 0 Å². The monoisotopic (exact) mass is 841 g/mol. The number of aliphatic hydroxyl groups excluding tert-OH is 1. The van der Waals surface area contributed by atoms with Crippen LogP contribution in [0.2, 0.25) is 0 Å². The summed E-state index contributed by atoms with van der Waals surface area (Å²) in [7, 11) is 3.74. The fraction of sp³-hybridized carbons (Fsp3) is 0.705. The van der Waals surface area contributed by atoms with Gasteiger partial charge in [-0.3, -0.25) is 19.4 Å². The highest BCUT2D eigenvalue weighted by atomic mass is 16.7. The first kappa shape index (κ1) is 48.7. The van der Waals surface area contributed by atoms with E-state index in [1.165, 1.54) is 20.1 Å². The zero-order valence-corrected chi connectivity index (χ0v) is 37.2. The largest absolute Gasteiger partial charge is 0.459 e. The van der Waals surface area contributed by atoms with Crippen molar-refractivity contribution in [2.45, 2.75) is 155 Å². The lowest BCUT2D eigenvalue weighted by Crippen LogP contribution is -2.59. The van der Waals surface area contributed by atoms with Crippen LogP contribution in [-0.4, -0.2) is 123 Å². The highest BCUT2D eigenvalue weighted by Gasteiger charge is 2.50. The van der Waals surface area contributed by atoms with Crippen LogP contribution in [0.15, 0.2) is 45.3 Å². The number of hydrogen-bond donors (Lipinski definition) is 2. The molecule has 4 rings (SSSR count). The molecule has 2 aromatic heterocycles. The van der Waals surface area contributed by atoms with Gasteiger partial charge in [-0.15, -0.1) is 0 Å². The summed E-state index contributed by atoms with van der Waals surface area (Å²) in [6.07, 6.45) is 2.55. The lowest BCUT2D eigenvalue weighted by molar-refractivity contribution is -0.296. The Morgan fingerprint density at radius 2 is 1.87 bits per heavy atom. The number of amides is 1. The summed E-state index contributed by atoms with van der Waals surface area (Å²) in [5.41, 5.74) is -0.922. The van der Waals surface area contributed by atoms with Gasteiger partial charge in [0.25, 0.3) is 0 Å². The number of carbonyl (C=O) groups is 3. The van der Waals surface area contributed by atoms with Crippen LogP contribution in [0.4, 0.5) is 0 Å². The van der Waals surface area contributed by atoms with Crippen LogP contribution in [0.3, 0.4) is 0 Å². The maximum absolute atomic E-state index is 14.5. The summed E-state index contributed by atoms with van der Waals surface area (Å²) in [5.74, 6) is -4.05. The second-order valence-electron chi connectivity index (χ2n) is 17.2. The standard InChI is InChI=1S/C44H67N5O11/c1-12-32-15-16-33(48-56-24-31-14-17-34(46-23-31)36-18-19-47-60-36)25-55-43(8,21-26(3)22-45-30(7)50)40(59-42-39(52)35(49(10)11)20-27(4)57-42)28(5)38(51)29(6)41(53)58-37(13-2)44(32,9)54/h14,17-19,22-23,26-29,32,35,37,39-40,42,52,54H,12-13,15-16,20-21,24-25H2,1-11H3/b45-22?,48-33+/t26-,27-,28+,29-,32?,35+,37-,39-,40-,42+,43-,44+/m1/s1. The zero-order valence-electron chi connectivity index (χ0n) is 37.2. The minimum absolute atomic E-state index is 0.0813. The molecule has 16 nitrogen and oxygen atoms in total. The number of aliphatic hydroxyl groups is 2. The van der Waals surface area contributed by atoms with Gasteiger partial charge in [-0.25, -0.2) is 4.99 Å². The average molecular weight is 842 g/mol. The molecule has 16 heteroatoms. The number of likely N-dealkylation sites (N-methyl/N-ethyl adjacent to an activating group) is 1. The van der Waals surface area contributed by atoms with Crippen molar-refractivity contribution in [2.24, 2.45) is 33.8 Å². The summed E-state index contributed by atoms with van der Waals surface area (Å²) in [4.78, 5) is 56.6. The quantitative estimate of drug-likeness (QED) is 0.116. The molecule has 2 fully saturated rings. The number of rotatable bonds is 12. The van der Waals surface area contributed by atoms with E-state index in [-0.39, 0.29) is 49.5 Å². The fourth-order valence-corrected chi connectivity index (χ4v) is 8.40. The normalized spacial score (nSPS) is 34.0. The first-order chi connectivity index (χ1) is 28.3. The number of ether oxygens (including phenoxy) is 4. The van der Waals surface area contributed by atoms with Gasteiger partial charge in [0.1, 0.15) is 36.0 Å². The van der Waals surface area contributed by atoms with Gasteiger partial charge in [0, 0.05) is 42.9 Å². The molecule has 0 saturated carbocycles. The molecule has 2 aliphatic rings. The molecule has 2 aromatic rings. The molecule has 0 radical (unpaired) electrons. The summed E-state index contributed by atoms with van der Waals surface area (Å²) in [6.45, 7) is 15.5. The topological polar surface area (TPSA) is 205 Å². The first-order valence-electron chi connectivity index (χ1n) is 21.1. The molecule has 2 N–H and O–H groups in total. The number of Topliss-reactive ketones (excluding diaryl/α,β-unsaturated/α-hetero) is 1. The minimum atomic E-state index is -1.45. The summed E-state index contributed by atoms with van der Waals surface area (Å²) in [5, 5.41) is 31.9. The SMILES string of the molecule is CCC1CC/C(=N\OCc2ccc(-c3ccno3)nc2)CO[C@](C)(C[C@@H](C)C=NC(C)=O)[C@H](O[C@@H]2O[C@H](C)C[C@H](N(C)C)[C@H]2O)[C@@H](C)C(=O)[C@@H](C)C(=O)O[C@H](CC)[C@@]1(C)O. The third-order valence-corrected chi connectivity index (χ3v) is 12.0. The maximum atomic E-state index is 14.5. The number of aliphatic imine (C=N–C) groups is 1. The summed E-state index contributed by atoms with van der Waals surface area (Å²) >= 11 is 0. The second kappa shape index (κ2) is 21.7. The van der Waals surface area contributed by atoms with Crippen LogP contribution in [0.25, 0.3) is 11.5 Å². The lowest BCUT2D eigenvalue weighted by atomic mass is 9.78. The van der Waals surface area contributed by atoms with Crippen molar-refractivity contribution < 1.29 is 52.9 Å². The van der Waals surface area contributed by atoms with Gasteiger partial charge in [0.15, 0.2) is 17.8 Å². The number of pyridine rings is 1. The number of aromatic nitrogens is 2. The molecule has 0 spiro atoms. The molecule has 1 amide bonds. The first-order valence-corrected chi connectivity index (χ1v) is 21.1.